The van der Waals surface area contributed by atoms with Gasteiger partial charge in [-0.05, 0) is 18.6 Å². The molecule has 13 heteroatoms. The van der Waals surface area contributed by atoms with Crippen LogP contribution in [-0.4, -0.2) is 56.8 Å². The van der Waals surface area contributed by atoms with Crippen molar-refractivity contribution in [1.29, 1.82) is 0 Å². The molecule has 1 aliphatic rings. The van der Waals surface area contributed by atoms with E-state index in [-0.39, 0.29) is 5.75 Å². The molecule has 3 heterocycles. The summed E-state index contributed by atoms with van der Waals surface area (Å²) in [6, 6.07) is 5.69. The first kappa shape index (κ1) is 23.6. The minimum Gasteiger partial charge on any atom is -0.475 e. The van der Waals surface area contributed by atoms with E-state index in [1.165, 1.54) is 4.31 Å². The van der Waals surface area contributed by atoms with E-state index in [1.54, 1.807) is 6.20 Å². The van der Waals surface area contributed by atoms with Crippen molar-refractivity contribution in [2.24, 2.45) is 0 Å². The predicted octanol–water partition coefficient (Wildman–Crippen LogP) is 2.08. The minimum absolute atomic E-state index is 0.196. The van der Waals surface area contributed by atoms with Crippen molar-refractivity contribution in [3.63, 3.8) is 0 Å². The lowest BCUT2D eigenvalue weighted by Crippen LogP contribution is -2.39. The van der Waals surface area contributed by atoms with Gasteiger partial charge in [0.1, 0.15) is 11.6 Å². The molecule has 0 saturated heterocycles. The average molecular weight is 449 g/mol. The third-order valence-corrected chi connectivity index (χ3v) is 6.05. The summed E-state index contributed by atoms with van der Waals surface area (Å²) in [5, 5.41) is 10.3. The number of aromatic nitrogens is 3. The van der Waals surface area contributed by atoms with Crippen molar-refractivity contribution in [1.82, 2.24) is 18.8 Å². The molecule has 0 radical (unpaired) electrons. The molecule has 0 aromatic carbocycles. The Bertz CT molecular complexity index is 948. The first-order chi connectivity index (χ1) is 14.0. The highest BCUT2D eigenvalue weighted by Crippen LogP contribution is 2.17. The lowest BCUT2D eigenvalue weighted by molar-refractivity contribution is -0.192. The highest BCUT2D eigenvalue weighted by molar-refractivity contribution is 7.89. The Morgan fingerprint density at radius 3 is 2.57 bits per heavy atom. The monoisotopic (exact) mass is 449 g/mol. The van der Waals surface area contributed by atoms with E-state index >= 15 is 0 Å². The Kier molecular flexibility index (Phi) is 7.78. The number of nitrogens with zero attached hydrogens (tertiary/aromatic N) is 4. The summed E-state index contributed by atoms with van der Waals surface area (Å²) in [6.45, 7) is 3.96. The Morgan fingerprint density at radius 2 is 2.00 bits per heavy atom. The summed E-state index contributed by atoms with van der Waals surface area (Å²) >= 11 is 0. The number of halogens is 3. The summed E-state index contributed by atoms with van der Waals surface area (Å²) in [5.41, 5.74) is 0.889. The Labute approximate surface area is 171 Å². The number of pyridine rings is 1. The quantitative estimate of drug-likeness (QED) is 0.693. The van der Waals surface area contributed by atoms with Crippen LogP contribution in [-0.2, 0) is 34.5 Å². The number of sulfonamides is 1. The molecule has 2 aromatic rings. The second-order valence-electron chi connectivity index (χ2n) is 6.36. The second-order valence-corrected chi connectivity index (χ2v) is 8.45. The molecular weight excluding hydrogens is 427 g/mol. The number of fused-ring (bicyclic) bond motifs is 1. The fourth-order valence-electron chi connectivity index (χ4n) is 2.65. The molecule has 0 fully saturated rings. The predicted molar refractivity (Wildman–Crippen MR) is 102 cm³/mol. The largest absolute Gasteiger partial charge is 0.490 e. The maximum atomic E-state index is 12.2. The first-order valence-corrected chi connectivity index (χ1v) is 10.6. The van der Waals surface area contributed by atoms with Crippen molar-refractivity contribution in [2.45, 2.75) is 39.2 Å². The van der Waals surface area contributed by atoms with Crippen LogP contribution in [0.15, 0.2) is 30.6 Å². The van der Waals surface area contributed by atoms with E-state index in [4.69, 9.17) is 9.90 Å². The van der Waals surface area contributed by atoms with E-state index in [9.17, 15) is 21.6 Å². The summed E-state index contributed by atoms with van der Waals surface area (Å²) in [4.78, 5) is 17.7. The fraction of sp³-hybridized carbons (Fsp3) is 0.471. The van der Waals surface area contributed by atoms with Gasteiger partial charge in [-0.15, -0.1) is 0 Å². The zero-order chi connectivity index (χ0) is 22.4. The van der Waals surface area contributed by atoms with Crippen molar-refractivity contribution < 1.29 is 31.5 Å². The molecule has 0 atom stereocenters. The molecule has 0 saturated carbocycles. The molecular formula is C17H22F3N5O4S. The van der Waals surface area contributed by atoms with Crippen LogP contribution in [0, 0.1) is 0 Å². The van der Waals surface area contributed by atoms with Gasteiger partial charge in [-0.3, -0.25) is 0 Å². The number of hydrogen-bond acceptors (Lipinski definition) is 6. The zero-order valence-corrected chi connectivity index (χ0v) is 16.9. The van der Waals surface area contributed by atoms with Crippen LogP contribution in [0.1, 0.15) is 24.9 Å². The molecule has 2 aromatic heterocycles. The van der Waals surface area contributed by atoms with Crippen LogP contribution < -0.4 is 5.32 Å². The third-order valence-electron chi connectivity index (χ3n) is 4.03. The molecule has 2 N–H and O–H groups in total. The van der Waals surface area contributed by atoms with E-state index in [1.807, 2.05) is 35.9 Å². The van der Waals surface area contributed by atoms with Gasteiger partial charge in [-0.25, -0.2) is 23.2 Å². The Hall–Kier alpha value is -2.67. The zero-order valence-electron chi connectivity index (χ0n) is 16.1. The maximum Gasteiger partial charge on any atom is 0.490 e. The smallest absolute Gasteiger partial charge is 0.475 e. The number of imidazole rings is 1. The third kappa shape index (κ3) is 6.69. The van der Waals surface area contributed by atoms with Gasteiger partial charge < -0.3 is 15.0 Å². The van der Waals surface area contributed by atoms with E-state index < -0.39 is 22.2 Å². The first-order valence-electron chi connectivity index (χ1n) is 9.00. The van der Waals surface area contributed by atoms with Crippen molar-refractivity contribution in [3.8, 4) is 0 Å². The molecule has 166 valence electrons. The van der Waals surface area contributed by atoms with Crippen LogP contribution in [0.3, 0.4) is 0 Å². The fourth-order valence-corrected chi connectivity index (χ4v) is 4.09. The minimum atomic E-state index is -5.08. The number of aliphatic carboxylic acids is 1. The average Bonchev–Trinajstić information content (AvgIpc) is 3.09. The van der Waals surface area contributed by atoms with Gasteiger partial charge in [0.15, 0.2) is 0 Å². The molecule has 0 amide bonds. The van der Waals surface area contributed by atoms with Gasteiger partial charge in [0.2, 0.25) is 10.0 Å². The van der Waals surface area contributed by atoms with Gasteiger partial charge in [0, 0.05) is 25.5 Å². The second kappa shape index (κ2) is 9.89. The number of anilines is 1. The SMILES string of the molecule is CCCS(=O)(=O)N1CCn2cc(CNc3ccccn3)nc2C1.O=C(O)C(F)(F)F. The van der Waals surface area contributed by atoms with E-state index in [2.05, 4.69) is 15.3 Å². The summed E-state index contributed by atoms with van der Waals surface area (Å²) in [7, 11) is -3.17. The van der Waals surface area contributed by atoms with Crippen LogP contribution >= 0.6 is 0 Å². The van der Waals surface area contributed by atoms with Crippen molar-refractivity contribution >= 4 is 21.8 Å². The van der Waals surface area contributed by atoms with Crippen LogP contribution in [0.4, 0.5) is 19.0 Å². The van der Waals surface area contributed by atoms with Crippen LogP contribution in [0.2, 0.25) is 0 Å². The number of alkyl halides is 3. The number of carboxylic acid groups (broad SMARTS) is 1. The number of rotatable bonds is 6. The van der Waals surface area contributed by atoms with Crippen LogP contribution in [0.25, 0.3) is 0 Å². The lowest BCUT2D eigenvalue weighted by Gasteiger charge is -2.26. The normalized spacial score (nSPS) is 14.4. The number of hydrogen-bond donors (Lipinski definition) is 2. The number of carbonyl (C=O) groups is 1. The van der Waals surface area contributed by atoms with Crippen molar-refractivity contribution in [2.75, 3.05) is 17.6 Å². The van der Waals surface area contributed by atoms with Gasteiger partial charge in [0.25, 0.3) is 0 Å². The Morgan fingerprint density at radius 1 is 1.30 bits per heavy atom. The summed E-state index contributed by atoms with van der Waals surface area (Å²) in [6.07, 6.45) is -0.738. The maximum absolute atomic E-state index is 12.2. The molecule has 0 unspecified atom stereocenters. The van der Waals surface area contributed by atoms with Gasteiger partial charge >= 0.3 is 12.1 Å². The molecule has 0 spiro atoms. The summed E-state index contributed by atoms with van der Waals surface area (Å²) in [5.74, 6) is -0.964. The van der Waals surface area contributed by atoms with Crippen molar-refractivity contribution in [3.05, 3.63) is 42.1 Å². The topological polar surface area (TPSA) is 117 Å². The van der Waals surface area contributed by atoms with Gasteiger partial charge in [-0.2, -0.15) is 17.5 Å². The number of carboxylic acids is 1. The number of nitrogens with one attached hydrogen (secondary N) is 1. The highest BCUT2D eigenvalue weighted by atomic mass is 32.2. The summed E-state index contributed by atoms with van der Waals surface area (Å²) < 4.78 is 59.7. The van der Waals surface area contributed by atoms with E-state index in [0.29, 0.717) is 32.6 Å². The molecule has 3 rings (SSSR count). The highest BCUT2D eigenvalue weighted by Gasteiger charge is 2.38. The molecule has 0 bridgehead atoms. The van der Waals surface area contributed by atoms with E-state index in [0.717, 1.165) is 17.3 Å². The molecule has 1 aliphatic heterocycles. The lowest BCUT2D eigenvalue weighted by atomic mass is 10.4. The standard InChI is InChI=1S/C15H21N5O2S.C2HF3O2/c1-2-9-23(21,22)20-8-7-19-11-13(18-15(19)12-20)10-17-14-5-3-4-6-16-14;3-2(4,5)1(6)7/h3-6,11H,2,7-10,12H2,1H3,(H,16,17);(H,6,7). The van der Waals surface area contributed by atoms with Gasteiger partial charge in [0.05, 0.1) is 24.5 Å². The molecule has 9 nitrogen and oxygen atoms in total. The molecule has 30 heavy (non-hydrogen) atoms. The Balaban J connectivity index is 0.000000396. The van der Waals surface area contributed by atoms with Gasteiger partial charge in [-0.1, -0.05) is 13.0 Å². The van der Waals surface area contributed by atoms with Crippen LogP contribution in [0.5, 0.6) is 0 Å². The molecule has 0 aliphatic carbocycles.